The Morgan fingerprint density at radius 1 is 1.22 bits per heavy atom. The van der Waals surface area contributed by atoms with Crippen LogP contribution in [0.5, 0.6) is 0 Å². The lowest BCUT2D eigenvalue weighted by molar-refractivity contribution is -0.167. The van der Waals surface area contributed by atoms with Crippen LogP contribution in [0.3, 0.4) is 0 Å². The third-order valence-corrected chi connectivity index (χ3v) is 5.64. The lowest BCUT2D eigenvalue weighted by Gasteiger charge is -2.44. The molecular weight excluding hydrogens is 292 g/mol. The van der Waals surface area contributed by atoms with Crippen molar-refractivity contribution in [3.05, 3.63) is 35.9 Å². The number of nitrogens with one attached hydrogen (secondary N) is 1. The third kappa shape index (κ3) is 2.34. The third-order valence-electron chi connectivity index (χ3n) is 5.64. The summed E-state index contributed by atoms with van der Waals surface area (Å²) >= 11 is 0. The molecule has 1 aromatic carbocycles. The number of carbonyl (C=O) groups is 2. The first-order valence-electron chi connectivity index (χ1n) is 8.47. The second-order valence-electron chi connectivity index (χ2n) is 6.86. The SMILES string of the molecule is O=C1NCCC1(C(=O)O[C@@H]1CN2CCC1CC2)c1ccccc1. The predicted molar refractivity (Wildman–Crippen MR) is 84.8 cm³/mol. The molecule has 4 saturated heterocycles. The van der Waals surface area contributed by atoms with Gasteiger partial charge in [0.15, 0.2) is 5.41 Å². The molecule has 1 unspecified atom stereocenters. The van der Waals surface area contributed by atoms with E-state index in [-0.39, 0.29) is 18.0 Å². The van der Waals surface area contributed by atoms with E-state index in [1.54, 1.807) is 0 Å². The van der Waals surface area contributed by atoms with Crippen molar-refractivity contribution >= 4 is 11.9 Å². The van der Waals surface area contributed by atoms with Gasteiger partial charge in [0, 0.05) is 13.1 Å². The summed E-state index contributed by atoms with van der Waals surface area (Å²) in [5.74, 6) is -0.159. The van der Waals surface area contributed by atoms with Gasteiger partial charge in [-0.3, -0.25) is 14.5 Å². The minimum Gasteiger partial charge on any atom is -0.460 e. The second-order valence-corrected chi connectivity index (χ2v) is 6.86. The van der Waals surface area contributed by atoms with Crippen LogP contribution in [0.25, 0.3) is 0 Å². The summed E-state index contributed by atoms with van der Waals surface area (Å²) in [4.78, 5) is 27.9. The van der Waals surface area contributed by atoms with Gasteiger partial charge in [0.1, 0.15) is 6.10 Å². The van der Waals surface area contributed by atoms with Crippen LogP contribution in [0.15, 0.2) is 30.3 Å². The second kappa shape index (κ2) is 5.64. The first-order valence-corrected chi connectivity index (χ1v) is 8.47. The number of carbonyl (C=O) groups excluding carboxylic acids is 2. The predicted octanol–water partition coefficient (Wildman–Crippen LogP) is 1.08. The Labute approximate surface area is 136 Å². The number of benzene rings is 1. The summed E-state index contributed by atoms with van der Waals surface area (Å²) in [5.41, 5.74) is -0.436. The van der Waals surface area contributed by atoms with Gasteiger partial charge in [-0.25, -0.2) is 0 Å². The lowest BCUT2D eigenvalue weighted by Crippen LogP contribution is -2.54. The van der Waals surface area contributed by atoms with Gasteiger partial charge in [0.2, 0.25) is 5.91 Å². The van der Waals surface area contributed by atoms with Crippen LogP contribution in [-0.4, -0.2) is 49.1 Å². The topological polar surface area (TPSA) is 58.6 Å². The molecule has 5 rings (SSSR count). The minimum atomic E-state index is -1.17. The highest BCUT2D eigenvalue weighted by Gasteiger charge is 2.53. The van der Waals surface area contributed by atoms with Crippen molar-refractivity contribution in [2.45, 2.75) is 30.8 Å². The zero-order valence-corrected chi connectivity index (χ0v) is 13.2. The van der Waals surface area contributed by atoms with Crippen LogP contribution in [0.2, 0.25) is 0 Å². The maximum atomic E-state index is 13.0. The van der Waals surface area contributed by atoms with E-state index in [0.717, 1.165) is 38.0 Å². The molecule has 0 aliphatic carbocycles. The number of hydrogen-bond donors (Lipinski definition) is 1. The maximum absolute atomic E-state index is 13.0. The lowest BCUT2D eigenvalue weighted by atomic mass is 9.78. The van der Waals surface area contributed by atoms with Crippen molar-refractivity contribution < 1.29 is 14.3 Å². The molecule has 122 valence electrons. The van der Waals surface area contributed by atoms with Gasteiger partial charge >= 0.3 is 5.97 Å². The summed E-state index contributed by atoms with van der Waals surface area (Å²) in [6.07, 6.45) is 2.57. The summed E-state index contributed by atoms with van der Waals surface area (Å²) in [5, 5.41) is 2.81. The average molecular weight is 314 g/mol. The summed E-state index contributed by atoms with van der Waals surface area (Å²) in [7, 11) is 0. The van der Waals surface area contributed by atoms with E-state index in [9.17, 15) is 9.59 Å². The van der Waals surface area contributed by atoms with E-state index in [4.69, 9.17) is 4.74 Å². The quantitative estimate of drug-likeness (QED) is 0.670. The zero-order chi connectivity index (χ0) is 15.9. The number of esters is 1. The molecule has 0 spiro atoms. The largest absolute Gasteiger partial charge is 0.460 e. The fourth-order valence-electron chi connectivity index (χ4n) is 4.22. The molecule has 4 heterocycles. The minimum absolute atomic E-state index is 0.0704. The Morgan fingerprint density at radius 3 is 2.52 bits per heavy atom. The highest BCUT2D eigenvalue weighted by atomic mass is 16.5. The van der Waals surface area contributed by atoms with E-state index in [1.807, 2.05) is 30.3 Å². The van der Waals surface area contributed by atoms with Crippen LogP contribution in [0.4, 0.5) is 0 Å². The van der Waals surface area contributed by atoms with Crippen LogP contribution < -0.4 is 5.32 Å². The van der Waals surface area contributed by atoms with E-state index >= 15 is 0 Å². The van der Waals surface area contributed by atoms with Crippen molar-refractivity contribution in [3.8, 4) is 0 Å². The van der Waals surface area contributed by atoms with E-state index in [2.05, 4.69) is 10.2 Å². The average Bonchev–Trinajstić information content (AvgIpc) is 2.99. The summed E-state index contributed by atoms with van der Waals surface area (Å²) < 4.78 is 5.90. The van der Waals surface area contributed by atoms with Crippen LogP contribution >= 0.6 is 0 Å². The normalized spacial score (nSPS) is 35.8. The standard InChI is InChI=1S/C18H22N2O3/c21-16-18(8-9-19-16,14-4-2-1-3-5-14)17(22)23-15-12-20-10-6-13(15)7-11-20/h1-5,13,15H,6-12H2,(H,19,21)/t15-,18?/m1/s1. The first-order chi connectivity index (χ1) is 11.2. The van der Waals surface area contributed by atoms with Crippen molar-refractivity contribution in [1.82, 2.24) is 10.2 Å². The number of hydrogen-bond acceptors (Lipinski definition) is 4. The number of fused-ring (bicyclic) bond motifs is 3. The Morgan fingerprint density at radius 2 is 1.96 bits per heavy atom. The van der Waals surface area contributed by atoms with Crippen molar-refractivity contribution in [2.24, 2.45) is 5.92 Å². The van der Waals surface area contributed by atoms with Gasteiger partial charge in [-0.2, -0.15) is 0 Å². The van der Waals surface area contributed by atoms with E-state index in [0.29, 0.717) is 18.9 Å². The van der Waals surface area contributed by atoms with Gasteiger partial charge in [-0.15, -0.1) is 0 Å². The molecule has 4 aliphatic heterocycles. The molecule has 4 aliphatic rings. The molecule has 23 heavy (non-hydrogen) atoms. The summed E-state index contributed by atoms with van der Waals surface area (Å²) in [6, 6.07) is 9.32. The number of nitrogens with zero attached hydrogens (tertiary/aromatic N) is 1. The molecule has 5 nitrogen and oxygen atoms in total. The molecule has 0 saturated carbocycles. The number of piperidine rings is 3. The molecule has 1 N–H and O–H groups in total. The van der Waals surface area contributed by atoms with E-state index in [1.165, 1.54) is 0 Å². The van der Waals surface area contributed by atoms with Crippen molar-refractivity contribution in [1.29, 1.82) is 0 Å². The molecule has 0 radical (unpaired) electrons. The Hall–Kier alpha value is -1.88. The smallest absolute Gasteiger partial charge is 0.326 e. The van der Waals surface area contributed by atoms with Gasteiger partial charge in [0.05, 0.1) is 0 Å². The van der Waals surface area contributed by atoms with Crippen molar-refractivity contribution in [3.63, 3.8) is 0 Å². The van der Waals surface area contributed by atoms with Gasteiger partial charge in [0.25, 0.3) is 0 Å². The highest BCUT2D eigenvalue weighted by molar-refractivity contribution is 6.10. The fraction of sp³-hybridized carbons (Fsp3) is 0.556. The fourth-order valence-corrected chi connectivity index (χ4v) is 4.22. The number of amides is 1. The zero-order valence-electron chi connectivity index (χ0n) is 13.2. The number of ether oxygens (including phenoxy) is 1. The van der Waals surface area contributed by atoms with Crippen LogP contribution in [0, 0.1) is 5.92 Å². The van der Waals surface area contributed by atoms with E-state index < -0.39 is 5.41 Å². The summed E-state index contributed by atoms with van der Waals surface area (Å²) in [6.45, 7) is 3.53. The van der Waals surface area contributed by atoms with Crippen molar-refractivity contribution in [2.75, 3.05) is 26.2 Å². The Balaban J connectivity index is 1.60. The molecule has 1 amide bonds. The molecule has 5 heteroatoms. The Kier molecular flexibility index (Phi) is 3.60. The molecule has 2 bridgehead atoms. The van der Waals surface area contributed by atoms with Gasteiger partial charge < -0.3 is 10.1 Å². The number of rotatable bonds is 3. The van der Waals surface area contributed by atoms with Crippen LogP contribution in [-0.2, 0) is 19.7 Å². The van der Waals surface area contributed by atoms with Crippen LogP contribution in [0.1, 0.15) is 24.8 Å². The highest BCUT2D eigenvalue weighted by Crippen LogP contribution is 2.36. The first kappa shape index (κ1) is 14.7. The monoisotopic (exact) mass is 314 g/mol. The molecular formula is C18H22N2O3. The Bertz CT molecular complexity index is 610. The van der Waals surface area contributed by atoms with Gasteiger partial charge in [-0.05, 0) is 43.8 Å². The molecule has 1 aromatic rings. The molecule has 0 aromatic heterocycles. The molecule has 2 atom stereocenters. The maximum Gasteiger partial charge on any atom is 0.326 e. The molecule has 4 fully saturated rings. The van der Waals surface area contributed by atoms with Gasteiger partial charge in [-0.1, -0.05) is 30.3 Å².